The first-order valence-electron chi connectivity index (χ1n) is 14.9. The van der Waals surface area contributed by atoms with Gasteiger partial charge in [0.1, 0.15) is 42.7 Å². The van der Waals surface area contributed by atoms with Gasteiger partial charge in [0.15, 0.2) is 12.6 Å². The number of hydrogen-bond donors (Lipinski definition) is 3. The molecule has 0 bridgehead atoms. The number of methoxy groups -OCH3 is 1. The van der Waals surface area contributed by atoms with Crippen molar-refractivity contribution in [1.29, 1.82) is 0 Å². The van der Waals surface area contributed by atoms with Gasteiger partial charge in [-0.05, 0) is 23.6 Å². The summed E-state index contributed by atoms with van der Waals surface area (Å²) in [6.07, 6.45) is -9.67. The van der Waals surface area contributed by atoms with Crippen molar-refractivity contribution in [2.45, 2.75) is 88.2 Å². The minimum Gasteiger partial charge on any atom is -0.388 e. The van der Waals surface area contributed by atoms with Crippen molar-refractivity contribution >= 4 is 0 Å². The second kappa shape index (κ2) is 16.0. The summed E-state index contributed by atoms with van der Waals surface area (Å²) in [6, 6.07) is 29.4. The van der Waals surface area contributed by atoms with Crippen LogP contribution < -0.4 is 0 Å². The van der Waals surface area contributed by atoms with Gasteiger partial charge in [-0.1, -0.05) is 91.0 Å². The first-order chi connectivity index (χ1) is 21.4. The number of hydrogen-bond acceptors (Lipinski definition) is 10. The molecule has 0 amide bonds. The smallest absolute Gasteiger partial charge is 0.186 e. The molecule has 2 heterocycles. The van der Waals surface area contributed by atoms with Crippen molar-refractivity contribution in [1.82, 2.24) is 0 Å². The van der Waals surface area contributed by atoms with Crippen LogP contribution >= 0.6 is 0 Å². The Morgan fingerprint density at radius 3 is 1.52 bits per heavy atom. The molecule has 2 saturated heterocycles. The van der Waals surface area contributed by atoms with Crippen LogP contribution in [0.15, 0.2) is 91.0 Å². The Bertz CT molecular complexity index is 1230. The van der Waals surface area contributed by atoms with Gasteiger partial charge in [-0.25, -0.2) is 0 Å². The van der Waals surface area contributed by atoms with E-state index in [-0.39, 0.29) is 19.8 Å². The normalized spacial score (nSPS) is 32.4. The molecule has 2 aliphatic rings. The van der Waals surface area contributed by atoms with Crippen LogP contribution in [0.2, 0.25) is 0 Å². The van der Waals surface area contributed by atoms with Gasteiger partial charge in [-0.2, -0.15) is 0 Å². The van der Waals surface area contributed by atoms with Crippen LogP contribution in [0.4, 0.5) is 0 Å². The van der Waals surface area contributed by atoms with E-state index in [1.165, 1.54) is 7.11 Å². The zero-order valence-corrected chi connectivity index (χ0v) is 25.0. The van der Waals surface area contributed by atoms with Crippen LogP contribution in [0.3, 0.4) is 0 Å². The molecule has 0 aromatic heterocycles. The van der Waals surface area contributed by atoms with E-state index >= 15 is 0 Å². The van der Waals surface area contributed by atoms with Crippen LogP contribution in [0.25, 0.3) is 0 Å². The van der Waals surface area contributed by atoms with Crippen molar-refractivity contribution in [2.75, 3.05) is 13.7 Å². The molecular weight excluding hydrogens is 568 g/mol. The first kappa shape index (κ1) is 32.6. The van der Waals surface area contributed by atoms with E-state index in [0.717, 1.165) is 16.7 Å². The highest BCUT2D eigenvalue weighted by Crippen LogP contribution is 2.32. The van der Waals surface area contributed by atoms with Gasteiger partial charge >= 0.3 is 0 Å². The lowest BCUT2D eigenvalue weighted by atomic mass is 9.97. The fourth-order valence-corrected chi connectivity index (χ4v) is 5.41. The molecule has 10 nitrogen and oxygen atoms in total. The minimum atomic E-state index is -1.46. The molecule has 10 heteroatoms. The maximum Gasteiger partial charge on any atom is 0.186 e. The number of ether oxygens (including phenoxy) is 7. The van der Waals surface area contributed by atoms with E-state index in [1.54, 1.807) is 6.92 Å². The number of rotatable bonds is 13. The summed E-state index contributed by atoms with van der Waals surface area (Å²) in [5.74, 6) is 0. The van der Waals surface area contributed by atoms with E-state index in [4.69, 9.17) is 33.2 Å². The largest absolute Gasteiger partial charge is 0.388 e. The van der Waals surface area contributed by atoms with Crippen molar-refractivity contribution < 1.29 is 48.5 Å². The summed E-state index contributed by atoms with van der Waals surface area (Å²) in [4.78, 5) is 0. The Labute approximate surface area is 258 Å². The predicted molar refractivity (Wildman–Crippen MR) is 159 cm³/mol. The van der Waals surface area contributed by atoms with Gasteiger partial charge in [-0.15, -0.1) is 0 Å². The third kappa shape index (κ3) is 8.29. The van der Waals surface area contributed by atoms with Crippen LogP contribution in [0.5, 0.6) is 0 Å². The van der Waals surface area contributed by atoms with E-state index in [2.05, 4.69) is 0 Å². The third-order valence-electron chi connectivity index (χ3n) is 7.91. The van der Waals surface area contributed by atoms with Crippen molar-refractivity contribution in [3.05, 3.63) is 108 Å². The zero-order valence-electron chi connectivity index (χ0n) is 25.0. The van der Waals surface area contributed by atoms with Gasteiger partial charge in [0.25, 0.3) is 0 Å². The molecule has 3 aromatic carbocycles. The fraction of sp³-hybridized carbons (Fsp3) is 0.471. The Morgan fingerprint density at radius 2 is 1.02 bits per heavy atom. The maximum atomic E-state index is 10.6. The lowest BCUT2D eigenvalue weighted by Crippen LogP contribution is -2.62. The molecule has 2 fully saturated rings. The highest BCUT2D eigenvalue weighted by atomic mass is 16.7. The summed E-state index contributed by atoms with van der Waals surface area (Å²) in [5, 5.41) is 31.0. The Kier molecular flexibility index (Phi) is 11.9. The molecule has 0 aliphatic carbocycles. The second-order valence-corrected chi connectivity index (χ2v) is 11.1. The van der Waals surface area contributed by atoms with E-state index in [1.807, 2.05) is 91.0 Å². The second-order valence-electron chi connectivity index (χ2n) is 11.1. The van der Waals surface area contributed by atoms with Crippen LogP contribution in [-0.4, -0.2) is 90.4 Å². The molecule has 10 atom stereocenters. The molecule has 0 radical (unpaired) electrons. The average molecular weight is 611 g/mol. The Hall–Kier alpha value is -2.74. The molecule has 44 heavy (non-hydrogen) atoms. The topological polar surface area (TPSA) is 125 Å². The Balaban J connectivity index is 1.40. The SMILES string of the molecule is CO[C@H]1O[C@H](COC2O[C@@H](C)[C@@H](O)[C@@H](O)[C@@H]2O)[C@@H](OCc2ccccc2)[C@H](OCc2ccccc2)[C@H]1OCc1ccccc1. The van der Waals surface area contributed by atoms with E-state index < -0.39 is 61.4 Å². The standard InChI is InChI=1S/C34H42O10/c1-22-27(35)28(36)29(37)33(43-22)42-21-26-30(39-18-23-12-6-3-7-13-23)31(40-19-24-14-8-4-9-15-24)32(34(38-2)44-26)41-20-25-16-10-5-11-17-25/h3-17,22,26-37H,18-21H2,1-2H3/t22-,26+,27+,28+,29-,30+,31-,32+,33?,34-/m0/s1. The Morgan fingerprint density at radius 1 is 0.545 bits per heavy atom. The van der Waals surface area contributed by atoms with Crippen molar-refractivity contribution in [3.8, 4) is 0 Å². The molecule has 3 aromatic rings. The van der Waals surface area contributed by atoms with E-state index in [0.29, 0.717) is 6.61 Å². The number of aliphatic hydroxyl groups is 3. The fourth-order valence-electron chi connectivity index (χ4n) is 5.41. The zero-order chi connectivity index (χ0) is 30.9. The molecule has 0 spiro atoms. The van der Waals surface area contributed by atoms with Crippen LogP contribution in [0.1, 0.15) is 23.6 Å². The van der Waals surface area contributed by atoms with Gasteiger partial charge in [0.05, 0.1) is 32.5 Å². The van der Waals surface area contributed by atoms with Gasteiger partial charge in [0, 0.05) is 7.11 Å². The third-order valence-corrected chi connectivity index (χ3v) is 7.91. The summed E-state index contributed by atoms with van der Waals surface area (Å²) < 4.78 is 43.4. The van der Waals surface area contributed by atoms with Gasteiger partial charge < -0.3 is 48.5 Å². The van der Waals surface area contributed by atoms with Crippen molar-refractivity contribution in [3.63, 3.8) is 0 Å². The van der Waals surface area contributed by atoms with Crippen LogP contribution in [0, 0.1) is 0 Å². The summed E-state index contributed by atoms with van der Waals surface area (Å²) in [6.45, 7) is 2.37. The van der Waals surface area contributed by atoms with Crippen LogP contribution in [-0.2, 0) is 53.0 Å². The summed E-state index contributed by atoms with van der Waals surface area (Å²) in [5.41, 5.74) is 2.92. The maximum absolute atomic E-state index is 10.6. The molecule has 1 unspecified atom stereocenters. The van der Waals surface area contributed by atoms with Gasteiger partial charge in [-0.3, -0.25) is 0 Å². The molecule has 5 rings (SSSR count). The quantitative estimate of drug-likeness (QED) is 0.266. The van der Waals surface area contributed by atoms with E-state index in [9.17, 15) is 15.3 Å². The molecule has 3 N–H and O–H groups in total. The summed E-state index contributed by atoms with van der Waals surface area (Å²) >= 11 is 0. The van der Waals surface area contributed by atoms with Gasteiger partial charge in [0.2, 0.25) is 0 Å². The monoisotopic (exact) mass is 610 g/mol. The molecule has 238 valence electrons. The van der Waals surface area contributed by atoms with Crippen molar-refractivity contribution in [2.24, 2.45) is 0 Å². The highest BCUT2D eigenvalue weighted by molar-refractivity contribution is 5.15. The number of benzene rings is 3. The molecule has 2 aliphatic heterocycles. The average Bonchev–Trinajstić information content (AvgIpc) is 3.07. The molecule has 0 saturated carbocycles. The highest BCUT2D eigenvalue weighted by Gasteiger charge is 2.50. The molecular formula is C34H42O10. The minimum absolute atomic E-state index is 0.0901. The lowest BCUT2D eigenvalue weighted by Gasteiger charge is -2.46. The predicted octanol–water partition coefficient (Wildman–Crippen LogP) is 2.96. The number of aliphatic hydroxyl groups excluding tert-OH is 3. The first-order valence-corrected chi connectivity index (χ1v) is 14.9. The summed E-state index contributed by atoms with van der Waals surface area (Å²) in [7, 11) is 1.54. The lowest BCUT2D eigenvalue weighted by molar-refractivity contribution is -0.339.